The molecule has 2 nitrogen and oxygen atoms in total. The van der Waals surface area contributed by atoms with E-state index in [2.05, 4.69) is 12.1 Å². The van der Waals surface area contributed by atoms with Crippen LogP contribution in [0.2, 0.25) is 0 Å². The van der Waals surface area contributed by atoms with E-state index in [1.54, 1.807) is 11.8 Å². The molecule has 14 heavy (non-hydrogen) atoms. The average Bonchev–Trinajstić information content (AvgIpc) is 2.20. The lowest BCUT2D eigenvalue weighted by molar-refractivity contribution is 0.683. The summed E-state index contributed by atoms with van der Waals surface area (Å²) in [7, 11) is -0.740. The smallest absolute Gasteiger partial charge is 0.0358 e. The lowest BCUT2D eigenvalue weighted by Gasteiger charge is -2.00. The summed E-state index contributed by atoms with van der Waals surface area (Å²) in [4.78, 5) is 1.23. The van der Waals surface area contributed by atoms with Gasteiger partial charge in [0.1, 0.15) is 0 Å². The first-order chi connectivity index (χ1) is 6.83. The van der Waals surface area contributed by atoms with Gasteiger partial charge in [-0.25, -0.2) is 0 Å². The fourth-order valence-electron chi connectivity index (χ4n) is 1.00. The molecular weight excluding hydrogens is 214 g/mol. The Balaban J connectivity index is 2.19. The fraction of sp³-hybridized carbons (Fsp3) is 0.400. The van der Waals surface area contributed by atoms with Crippen LogP contribution in [-0.2, 0) is 10.8 Å². The molecule has 0 spiro atoms. The van der Waals surface area contributed by atoms with Crippen molar-refractivity contribution < 1.29 is 4.21 Å². The second kappa shape index (κ2) is 7.04. The standard InChI is InChI=1S/C10H15NOS2/c11-6-8-14(12)9-7-13-10-4-2-1-3-5-10/h1-5H,6-9,11H2. The Hall–Kier alpha value is -0.320. The fourth-order valence-corrected chi connectivity index (χ4v) is 3.13. The second-order valence-corrected chi connectivity index (χ2v) is 5.66. The molecule has 0 bridgehead atoms. The summed E-state index contributed by atoms with van der Waals surface area (Å²) in [5.41, 5.74) is 5.31. The Kier molecular flexibility index (Phi) is 5.91. The van der Waals surface area contributed by atoms with E-state index < -0.39 is 10.8 Å². The van der Waals surface area contributed by atoms with Gasteiger partial charge in [0, 0.05) is 39.5 Å². The Morgan fingerprint density at radius 2 is 1.93 bits per heavy atom. The highest BCUT2D eigenvalue weighted by Gasteiger charge is 1.98. The first kappa shape index (κ1) is 11.8. The van der Waals surface area contributed by atoms with Gasteiger partial charge in [-0.2, -0.15) is 0 Å². The minimum Gasteiger partial charge on any atom is -0.330 e. The molecule has 0 aliphatic rings. The predicted molar refractivity (Wildman–Crippen MR) is 64.1 cm³/mol. The molecule has 0 aromatic heterocycles. The van der Waals surface area contributed by atoms with E-state index in [-0.39, 0.29) is 0 Å². The van der Waals surface area contributed by atoms with Crippen LogP contribution in [0.1, 0.15) is 0 Å². The van der Waals surface area contributed by atoms with Crippen molar-refractivity contribution in [2.24, 2.45) is 5.73 Å². The minimum absolute atomic E-state index is 0.516. The number of nitrogens with two attached hydrogens (primary N) is 1. The second-order valence-electron chi connectivity index (χ2n) is 2.80. The van der Waals surface area contributed by atoms with Crippen molar-refractivity contribution in [1.29, 1.82) is 0 Å². The van der Waals surface area contributed by atoms with Crippen LogP contribution >= 0.6 is 11.8 Å². The normalized spacial score (nSPS) is 12.6. The highest BCUT2D eigenvalue weighted by atomic mass is 32.2. The topological polar surface area (TPSA) is 43.1 Å². The summed E-state index contributed by atoms with van der Waals surface area (Å²) < 4.78 is 11.3. The van der Waals surface area contributed by atoms with Gasteiger partial charge in [-0.1, -0.05) is 18.2 Å². The van der Waals surface area contributed by atoms with Crippen molar-refractivity contribution in [3.8, 4) is 0 Å². The number of benzene rings is 1. The van der Waals surface area contributed by atoms with E-state index in [4.69, 9.17) is 5.73 Å². The molecule has 0 heterocycles. The molecule has 0 amide bonds. The zero-order chi connectivity index (χ0) is 10.2. The quantitative estimate of drug-likeness (QED) is 0.752. The van der Waals surface area contributed by atoms with Gasteiger partial charge in [-0.05, 0) is 12.1 Å². The molecule has 0 aliphatic carbocycles. The van der Waals surface area contributed by atoms with Gasteiger partial charge in [0.15, 0.2) is 0 Å². The van der Waals surface area contributed by atoms with Crippen molar-refractivity contribution in [3.63, 3.8) is 0 Å². The first-order valence-corrected chi connectivity index (χ1v) is 7.03. The highest BCUT2D eigenvalue weighted by Crippen LogP contribution is 2.16. The molecule has 1 aromatic rings. The SMILES string of the molecule is NCCS(=O)CCSc1ccccc1. The summed E-state index contributed by atoms with van der Waals surface area (Å²) in [5, 5.41) is 0. The summed E-state index contributed by atoms with van der Waals surface area (Å²) in [5.74, 6) is 2.25. The van der Waals surface area contributed by atoms with Gasteiger partial charge in [0.25, 0.3) is 0 Å². The Bertz CT molecular complexity index is 277. The van der Waals surface area contributed by atoms with E-state index in [0.29, 0.717) is 12.3 Å². The van der Waals surface area contributed by atoms with Gasteiger partial charge < -0.3 is 5.73 Å². The molecule has 0 fully saturated rings. The molecule has 0 saturated heterocycles. The van der Waals surface area contributed by atoms with Crippen LogP contribution in [0.5, 0.6) is 0 Å². The molecule has 78 valence electrons. The minimum atomic E-state index is -0.740. The third-order valence-electron chi connectivity index (χ3n) is 1.67. The van der Waals surface area contributed by atoms with E-state index in [1.807, 2.05) is 18.2 Å². The monoisotopic (exact) mass is 229 g/mol. The van der Waals surface area contributed by atoms with E-state index in [0.717, 1.165) is 11.5 Å². The molecule has 4 heteroatoms. The lowest BCUT2D eigenvalue weighted by atomic mass is 10.4. The van der Waals surface area contributed by atoms with Crippen LogP contribution in [0.25, 0.3) is 0 Å². The van der Waals surface area contributed by atoms with Crippen LogP contribution in [0.15, 0.2) is 35.2 Å². The Labute approximate surface area is 91.7 Å². The number of thioether (sulfide) groups is 1. The third kappa shape index (κ3) is 4.79. The summed E-state index contributed by atoms with van der Waals surface area (Å²) in [6.45, 7) is 0.516. The molecule has 0 saturated carbocycles. The van der Waals surface area contributed by atoms with E-state index in [1.165, 1.54) is 4.90 Å². The average molecular weight is 229 g/mol. The molecule has 1 aromatic carbocycles. The van der Waals surface area contributed by atoms with Gasteiger partial charge in [-0.15, -0.1) is 11.8 Å². The molecule has 0 aliphatic heterocycles. The summed E-state index contributed by atoms with van der Waals surface area (Å²) in [6.07, 6.45) is 0. The van der Waals surface area contributed by atoms with E-state index >= 15 is 0 Å². The molecule has 1 unspecified atom stereocenters. The largest absolute Gasteiger partial charge is 0.330 e. The maximum atomic E-state index is 11.3. The molecule has 0 radical (unpaired) electrons. The van der Waals surface area contributed by atoms with Crippen LogP contribution in [0, 0.1) is 0 Å². The highest BCUT2D eigenvalue weighted by molar-refractivity contribution is 8.00. The number of hydrogen-bond donors (Lipinski definition) is 1. The van der Waals surface area contributed by atoms with Crippen LogP contribution in [0.3, 0.4) is 0 Å². The predicted octanol–water partition coefficient (Wildman–Crippen LogP) is 1.49. The van der Waals surface area contributed by atoms with E-state index in [9.17, 15) is 4.21 Å². The number of rotatable bonds is 6. The zero-order valence-corrected chi connectivity index (χ0v) is 9.65. The molecule has 2 N–H and O–H groups in total. The maximum Gasteiger partial charge on any atom is 0.0358 e. The summed E-state index contributed by atoms with van der Waals surface area (Å²) >= 11 is 1.74. The maximum absolute atomic E-state index is 11.3. The number of hydrogen-bond acceptors (Lipinski definition) is 3. The lowest BCUT2D eigenvalue weighted by Crippen LogP contribution is -2.13. The molecular formula is C10H15NOS2. The van der Waals surface area contributed by atoms with Gasteiger partial charge in [-0.3, -0.25) is 4.21 Å². The van der Waals surface area contributed by atoms with Gasteiger partial charge in [0.2, 0.25) is 0 Å². The Morgan fingerprint density at radius 1 is 1.21 bits per heavy atom. The molecule has 1 rings (SSSR count). The zero-order valence-electron chi connectivity index (χ0n) is 8.02. The van der Waals surface area contributed by atoms with Crippen molar-refractivity contribution in [2.45, 2.75) is 4.90 Å². The van der Waals surface area contributed by atoms with Crippen molar-refractivity contribution in [2.75, 3.05) is 23.8 Å². The Morgan fingerprint density at radius 3 is 2.57 bits per heavy atom. The van der Waals surface area contributed by atoms with Crippen molar-refractivity contribution in [3.05, 3.63) is 30.3 Å². The third-order valence-corrected chi connectivity index (χ3v) is 4.29. The van der Waals surface area contributed by atoms with Gasteiger partial charge in [0.05, 0.1) is 0 Å². The van der Waals surface area contributed by atoms with Crippen LogP contribution in [-0.4, -0.2) is 28.0 Å². The van der Waals surface area contributed by atoms with Crippen molar-refractivity contribution >= 4 is 22.6 Å². The van der Waals surface area contributed by atoms with Crippen LogP contribution < -0.4 is 5.73 Å². The summed E-state index contributed by atoms with van der Waals surface area (Å²) in [6, 6.07) is 10.2. The molecule has 1 atom stereocenters. The van der Waals surface area contributed by atoms with Crippen molar-refractivity contribution in [1.82, 2.24) is 0 Å². The van der Waals surface area contributed by atoms with Gasteiger partial charge >= 0.3 is 0 Å². The first-order valence-electron chi connectivity index (χ1n) is 4.56. The van der Waals surface area contributed by atoms with Crippen LogP contribution in [0.4, 0.5) is 0 Å².